The van der Waals surface area contributed by atoms with E-state index in [4.69, 9.17) is 5.73 Å². The third-order valence-electron chi connectivity index (χ3n) is 5.60. The smallest absolute Gasteiger partial charge is 0.159 e. The van der Waals surface area contributed by atoms with Crippen LogP contribution in [0.25, 0.3) is 11.3 Å². The zero-order valence-electron chi connectivity index (χ0n) is 17.6. The molecule has 0 bridgehead atoms. The van der Waals surface area contributed by atoms with E-state index >= 15 is 0 Å². The van der Waals surface area contributed by atoms with Crippen molar-refractivity contribution in [2.45, 2.75) is 32.7 Å². The molecular formula is C24H26FN5O. The maximum Gasteiger partial charge on any atom is 0.159 e. The zero-order chi connectivity index (χ0) is 21.8. The van der Waals surface area contributed by atoms with E-state index in [1.165, 1.54) is 44.4 Å². The average Bonchev–Trinajstić information content (AvgIpc) is 2.79. The Morgan fingerprint density at radius 1 is 1.16 bits per heavy atom. The van der Waals surface area contributed by atoms with E-state index in [1.807, 2.05) is 6.07 Å². The molecule has 0 aliphatic carbocycles. The van der Waals surface area contributed by atoms with E-state index in [0.717, 1.165) is 24.5 Å². The van der Waals surface area contributed by atoms with Crippen molar-refractivity contribution in [3.63, 3.8) is 0 Å². The number of hydrogen-bond donors (Lipinski definition) is 2. The van der Waals surface area contributed by atoms with Crippen LogP contribution in [0.5, 0.6) is 0 Å². The van der Waals surface area contributed by atoms with Crippen molar-refractivity contribution in [2.24, 2.45) is 0 Å². The number of Topliss-reactive ketones (excluding diaryl/α,β-unsaturated/α-hetero) is 1. The fraction of sp³-hybridized carbons (Fsp3) is 0.292. The van der Waals surface area contributed by atoms with Gasteiger partial charge in [-0.05, 0) is 62.6 Å². The first kappa shape index (κ1) is 20.8. The van der Waals surface area contributed by atoms with Crippen LogP contribution in [0.1, 0.15) is 42.2 Å². The predicted octanol–water partition coefficient (Wildman–Crippen LogP) is 4.67. The second kappa shape index (κ2) is 9.12. The second-order valence-electron chi connectivity index (χ2n) is 7.78. The molecule has 0 radical (unpaired) electrons. The molecule has 0 atom stereocenters. The number of rotatable bonds is 6. The molecular weight excluding hydrogens is 393 g/mol. The molecule has 0 saturated carbocycles. The quantitative estimate of drug-likeness (QED) is 0.565. The van der Waals surface area contributed by atoms with Gasteiger partial charge in [0.05, 0.1) is 41.2 Å². The Morgan fingerprint density at radius 2 is 1.97 bits per heavy atom. The molecule has 31 heavy (non-hydrogen) atoms. The molecule has 4 rings (SSSR count). The number of nitrogens with two attached hydrogens (primary N) is 1. The van der Waals surface area contributed by atoms with Gasteiger partial charge in [0.15, 0.2) is 5.78 Å². The van der Waals surface area contributed by atoms with Gasteiger partial charge in [0.1, 0.15) is 5.82 Å². The van der Waals surface area contributed by atoms with Crippen molar-refractivity contribution in [3.05, 3.63) is 65.9 Å². The number of ketones is 1. The Hall–Kier alpha value is -3.48. The van der Waals surface area contributed by atoms with Crippen LogP contribution in [0.2, 0.25) is 0 Å². The molecule has 3 N–H and O–H groups in total. The normalized spacial score (nSPS) is 13.8. The highest BCUT2D eigenvalue weighted by molar-refractivity contribution is 5.95. The monoisotopic (exact) mass is 419 g/mol. The number of anilines is 3. The highest BCUT2D eigenvalue weighted by Crippen LogP contribution is 2.29. The summed E-state index contributed by atoms with van der Waals surface area (Å²) in [5.74, 6) is -0.554. The topological polar surface area (TPSA) is 84.1 Å². The average molecular weight is 420 g/mol. The highest BCUT2D eigenvalue weighted by Gasteiger charge is 2.16. The SMILES string of the molecule is CC(=O)c1ccc(F)c(-c2ccc(N)c(CNc3cnccc3N3CCCCC3)n2)c1. The molecule has 3 aromatic rings. The van der Waals surface area contributed by atoms with Gasteiger partial charge >= 0.3 is 0 Å². The Kier molecular flexibility index (Phi) is 6.11. The fourth-order valence-electron chi connectivity index (χ4n) is 3.86. The van der Waals surface area contributed by atoms with Crippen molar-refractivity contribution >= 4 is 22.8 Å². The molecule has 2 aromatic heterocycles. The summed E-state index contributed by atoms with van der Waals surface area (Å²) in [7, 11) is 0. The number of nitrogens with one attached hydrogen (secondary N) is 1. The van der Waals surface area contributed by atoms with E-state index in [2.05, 4.69) is 20.2 Å². The van der Waals surface area contributed by atoms with E-state index in [9.17, 15) is 9.18 Å². The third-order valence-corrected chi connectivity index (χ3v) is 5.60. The van der Waals surface area contributed by atoms with E-state index in [1.54, 1.807) is 24.5 Å². The summed E-state index contributed by atoms with van der Waals surface area (Å²) in [4.78, 5) is 22.9. The standard InChI is InChI=1S/C24H26FN5O/c1-16(31)17-5-6-19(25)18(13-17)21-8-7-20(26)22(29-21)15-28-23-14-27-10-9-24(23)30-11-3-2-4-12-30/h5-10,13-14,28H,2-4,11-12,15,26H2,1H3. The van der Waals surface area contributed by atoms with E-state index in [0.29, 0.717) is 29.2 Å². The minimum absolute atomic E-state index is 0.125. The van der Waals surface area contributed by atoms with E-state index < -0.39 is 5.82 Å². The van der Waals surface area contributed by atoms with Crippen LogP contribution >= 0.6 is 0 Å². The highest BCUT2D eigenvalue weighted by atomic mass is 19.1. The lowest BCUT2D eigenvalue weighted by molar-refractivity contribution is 0.101. The molecule has 3 heterocycles. The van der Waals surface area contributed by atoms with Gasteiger partial charge in [-0.1, -0.05) is 0 Å². The zero-order valence-corrected chi connectivity index (χ0v) is 17.6. The van der Waals surface area contributed by atoms with Gasteiger partial charge in [0.25, 0.3) is 0 Å². The molecule has 1 saturated heterocycles. The van der Waals surface area contributed by atoms with Crippen molar-refractivity contribution < 1.29 is 9.18 Å². The lowest BCUT2D eigenvalue weighted by Gasteiger charge is -2.30. The molecule has 0 amide bonds. The Bertz CT molecular complexity index is 1100. The summed E-state index contributed by atoms with van der Waals surface area (Å²) >= 11 is 0. The number of piperidine rings is 1. The van der Waals surface area contributed by atoms with Crippen molar-refractivity contribution in [1.82, 2.24) is 9.97 Å². The lowest BCUT2D eigenvalue weighted by Crippen LogP contribution is -2.30. The van der Waals surface area contributed by atoms with Crippen LogP contribution in [0.15, 0.2) is 48.8 Å². The maximum absolute atomic E-state index is 14.4. The van der Waals surface area contributed by atoms with Crippen LogP contribution < -0.4 is 16.0 Å². The molecule has 1 aromatic carbocycles. The summed E-state index contributed by atoms with van der Waals surface area (Å²) in [6.45, 7) is 3.89. The molecule has 0 spiro atoms. The van der Waals surface area contributed by atoms with Gasteiger partial charge in [-0.15, -0.1) is 0 Å². The molecule has 0 unspecified atom stereocenters. The maximum atomic E-state index is 14.4. The van der Waals surface area contributed by atoms with Gasteiger partial charge in [0.2, 0.25) is 0 Å². The molecule has 1 aliphatic heterocycles. The number of aromatic nitrogens is 2. The first-order valence-electron chi connectivity index (χ1n) is 10.5. The summed E-state index contributed by atoms with van der Waals surface area (Å²) in [5, 5.41) is 3.40. The fourth-order valence-corrected chi connectivity index (χ4v) is 3.86. The summed E-state index contributed by atoms with van der Waals surface area (Å²) < 4.78 is 14.4. The molecule has 1 aliphatic rings. The Balaban J connectivity index is 1.59. The molecule has 7 heteroatoms. The molecule has 160 valence electrons. The van der Waals surface area contributed by atoms with Crippen molar-refractivity contribution in [3.8, 4) is 11.3 Å². The Labute approximate surface area is 181 Å². The summed E-state index contributed by atoms with van der Waals surface area (Å²) in [6.07, 6.45) is 7.23. The summed E-state index contributed by atoms with van der Waals surface area (Å²) in [5.41, 5.74) is 10.5. The Morgan fingerprint density at radius 3 is 2.74 bits per heavy atom. The lowest BCUT2D eigenvalue weighted by atomic mass is 10.0. The van der Waals surface area contributed by atoms with Crippen molar-refractivity contribution in [2.75, 3.05) is 29.0 Å². The minimum Gasteiger partial charge on any atom is -0.397 e. The summed E-state index contributed by atoms with van der Waals surface area (Å²) in [6, 6.07) is 9.71. The number of pyridine rings is 2. The number of nitrogens with zero attached hydrogens (tertiary/aromatic N) is 3. The largest absolute Gasteiger partial charge is 0.397 e. The number of benzene rings is 1. The first-order chi connectivity index (χ1) is 15.0. The number of carbonyl (C=O) groups is 1. The van der Waals surface area contributed by atoms with Gasteiger partial charge in [0, 0.05) is 30.4 Å². The van der Waals surface area contributed by atoms with Crippen LogP contribution in [0, 0.1) is 5.82 Å². The van der Waals surface area contributed by atoms with Crippen molar-refractivity contribution in [1.29, 1.82) is 0 Å². The number of hydrogen-bond acceptors (Lipinski definition) is 6. The number of carbonyl (C=O) groups excluding carboxylic acids is 1. The number of halogens is 1. The van der Waals surface area contributed by atoms with Crippen LogP contribution in [-0.2, 0) is 6.54 Å². The number of nitrogen functional groups attached to an aromatic ring is 1. The van der Waals surface area contributed by atoms with Gasteiger partial charge in [-0.25, -0.2) is 9.37 Å². The molecule has 6 nitrogen and oxygen atoms in total. The van der Waals surface area contributed by atoms with Gasteiger partial charge < -0.3 is 16.0 Å². The predicted molar refractivity (Wildman–Crippen MR) is 122 cm³/mol. The second-order valence-corrected chi connectivity index (χ2v) is 7.78. The van der Waals surface area contributed by atoms with Gasteiger partial charge in [-0.2, -0.15) is 0 Å². The molecule has 1 fully saturated rings. The van der Waals surface area contributed by atoms with Gasteiger partial charge in [-0.3, -0.25) is 9.78 Å². The first-order valence-corrected chi connectivity index (χ1v) is 10.5. The minimum atomic E-state index is -0.430. The third kappa shape index (κ3) is 4.66. The van der Waals surface area contributed by atoms with Crippen LogP contribution in [0.3, 0.4) is 0 Å². The van der Waals surface area contributed by atoms with E-state index in [-0.39, 0.29) is 11.3 Å². The van der Waals surface area contributed by atoms with Crippen LogP contribution in [-0.4, -0.2) is 28.8 Å². The van der Waals surface area contributed by atoms with Crippen LogP contribution in [0.4, 0.5) is 21.5 Å².